The van der Waals surface area contributed by atoms with Crippen LogP contribution >= 0.6 is 0 Å². The number of halogens is 1. The van der Waals surface area contributed by atoms with Crippen LogP contribution in [-0.4, -0.2) is 13.1 Å². The minimum absolute atomic E-state index is 0.160. The molecule has 0 bridgehead atoms. The molecule has 1 aromatic rings. The zero-order valence-corrected chi connectivity index (χ0v) is 8.53. The van der Waals surface area contributed by atoms with E-state index in [4.69, 9.17) is 5.26 Å². The molecule has 4 nitrogen and oxygen atoms in total. The zero-order valence-electron chi connectivity index (χ0n) is 8.53. The van der Waals surface area contributed by atoms with Gasteiger partial charge in [-0.1, -0.05) is 0 Å². The maximum absolute atomic E-state index is 12.6. The largest absolute Gasteiger partial charge is 0.465 e. The van der Waals surface area contributed by atoms with E-state index in [1.165, 1.54) is 37.6 Å². The predicted octanol–water partition coefficient (Wildman–Crippen LogP) is 1.82. The molecule has 1 aromatic carbocycles. The Balaban J connectivity index is 2.75. The molecule has 82 valence electrons. The summed E-state index contributed by atoms with van der Waals surface area (Å²) < 4.78 is 16.9. The van der Waals surface area contributed by atoms with Gasteiger partial charge in [-0.25, -0.2) is 9.18 Å². The summed E-state index contributed by atoms with van der Waals surface area (Å²) in [5.41, 5.74) is 0.407. The van der Waals surface area contributed by atoms with Gasteiger partial charge in [0.25, 0.3) is 0 Å². The van der Waals surface area contributed by atoms with Gasteiger partial charge in [-0.05, 0) is 24.3 Å². The predicted molar refractivity (Wildman–Crippen MR) is 55.7 cm³/mol. The monoisotopic (exact) mass is 220 g/mol. The summed E-state index contributed by atoms with van der Waals surface area (Å²) in [6, 6.07) is 7.18. The number of rotatable bonds is 3. The Bertz CT molecular complexity index is 446. The molecule has 0 aromatic heterocycles. The molecule has 1 N–H and O–H groups in total. The second kappa shape index (κ2) is 5.51. The summed E-state index contributed by atoms with van der Waals surface area (Å²) in [4.78, 5) is 11.0. The van der Waals surface area contributed by atoms with Gasteiger partial charge in [-0.3, -0.25) is 0 Å². The van der Waals surface area contributed by atoms with Crippen molar-refractivity contribution in [1.82, 2.24) is 0 Å². The van der Waals surface area contributed by atoms with Crippen LogP contribution in [0.3, 0.4) is 0 Å². The molecule has 0 radical (unpaired) electrons. The SMILES string of the molecule is COC(=O)C(C#N)=CNc1ccc(F)cc1. The lowest BCUT2D eigenvalue weighted by Crippen LogP contribution is -2.05. The van der Waals surface area contributed by atoms with Crippen molar-refractivity contribution in [3.8, 4) is 6.07 Å². The quantitative estimate of drug-likeness (QED) is 0.479. The first-order chi connectivity index (χ1) is 7.67. The standard InChI is InChI=1S/C11H9FN2O2/c1-16-11(15)8(6-13)7-14-10-4-2-9(12)3-5-10/h2-5,7,14H,1H3. The molecule has 1 rings (SSSR count). The molecule has 0 heterocycles. The highest BCUT2D eigenvalue weighted by atomic mass is 19.1. The maximum Gasteiger partial charge on any atom is 0.350 e. The Morgan fingerprint density at radius 2 is 2.12 bits per heavy atom. The van der Waals surface area contributed by atoms with E-state index in [9.17, 15) is 9.18 Å². The Morgan fingerprint density at radius 3 is 2.62 bits per heavy atom. The van der Waals surface area contributed by atoms with E-state index in [1.54, 1.807) is 6.07 Å². The molecule has 0 aliphatic rings. The van der Waals surface area contributed by atoms with E-state index in [0.29, 0.717) is 5.69 Å². The zero-order chi connectivity index (χ0) is 12.0. The van der Waals surface area contributed by atoms with Gasteiger partial charge in [0.1, 0.15) is 11.9 Å². The summed E-state index contributed by atoms with van der Waals surface area (Å²) in [5.74, 6) is -1.08. The molecule has 0 atom stereocenters. The summed E-state index contributed by atoms with van der Waals surface area (Å²) in [5, 5.41) is 11.3. The first kappa shape index (κ1) is 11.7. The highest BCUT2D eigenvalue weighted by Crippen LogP contribution is 2.08. The van der Waals surface area contributed by atoms with Crippen LogP contribution in [0.25, 0.3) is 0 Å². The molecule has 0 saturated heterocycles. The van der Waals surface area contributed by atoms with Crippen LogP contribution in [-0.2, 0) is 9.53 Å². The number of carbonyl (C=O) groups is 1. The van der Waals surface area contributed by atoms with Crippen LogP contribution in [0.1, 0.15) is 0 Å². The molecular formula is C11H9FN2O2. The van der Waals surface area contributed by atoms with Crippen LogP contribution in [0.4, 0.5) is 10.1 Å². The van der Waals surface area contributed by atoms with Gasteiger partial charge in [-0.2, -0.15) is 5.26 Å². The summed E-state index contributed by atoms with van der Waals surface area (Å²) >= 11 is 0. The van der Waals surface area contributed by atoms with E-state index in [2.05, 4.69) is 10.1 Å². The molecule has 0 unspecified atom stereocenters. The van der Waals surface area contributed by atoms with Crippen molar-refractivity contribution in [3.05, 3.63) is 41.9 Å². The minimum Gasteiger partial charge on any atom is -0.465 e. The fourth-order valence-electron chi connectivity index (χ4n) is 0.948. The number of ether oxygens (including phenoxy) is 1. The van der Waals surface area contributed by atoms with Gasteiger partial charge in [0, 0.05) is 11.9 Å². The van der Waals surface area contributed by atoms with Gasteiger partial charge in [0.2, 0.25) is 0 Å². The molecule has 16 heavy (non-hydrogen) atoms. The maximum atomic E-state index is 12.6. The third kappa shape index (κ3) is 3.10. The third-order valence-corrected chi connectivity index (χ3v) is 1.75. The highest BCUT2D eigenvalue weighted by molar-refractivity contribution is 5.92. The number of esters is 1. The number of nitriles is 1. The van der Waals surface area contributed by atoms with Crippen LogP contribution in [0.15, 0.2) is 36.0 Å². The van der Waals surface area contributed by atoms with Crippen molar-refractivity contribution >= 4 is 11.7 Å². The van der Waals surface area contributed by atoms with E-state index in [0.717, 1.165) is 0 Å². The van der Waals surface area contributed by atoms with Gasteiger partial charge < -0.3 is 10.1 Å². The molecule has 5 heteroatoms. The van der Waals surface area contributed by atoms with Crippen LogP contribution in [0.2, 0.25) is 0 Å². The fraction of sp³-hybridized carbons (Fsp3) is 0.0909. The Labute approximate surface area is 91.9 Å². The number of hydrogen-bond donors (Lipinski definition) is 1. The van der Waals surface area contributed by atoms with Crippen molar-refractivity contribution in [2.45, 2.75) is 0 Å². The van der Waals surface area contributed by atoms with Crippen molar-refractivity contribution in [2.75, 3.05) is 12.4 Å². The number of benzene rings is 1. The van der Waals surface area contributed by atoms with E-state index in [-0.39, 0.29) is 11.4 Å². The summed E-state index contributed by atoms with van der Waals surface area (Å²) in [6.07, 6.45) is 1.21. The van der Waals surface area contributed by atoms with Gasteiger partial charge >= 0.3 is 5.97 Å². The second-order valence-corrected chi connectivity index (χ2v) is 2.81. The first-order valence-corrected chi connectivity index (χ1v) is 4.38. The normalized spacial score (nSPS) is 10.4. The second-order valence-electron chi connectivity index (χ2n) is 2.81. The van der Waals surface area contributed by atoms with E-state index < -0.39 is 5.97 Å². The van der Waals surface area contributed by atoms with Crippen LogP contribution in [0.5, 0.6) is 0 Å². The molecule has 0 aliphatic heterocycles. The molecule has 0 spiro atoms. The Morgan fingerprint density at radius 1 is 1.50 bits per heavy atom. The smallest absolute Gasteiger partial charge is 0.350 e. The van der Waals surface area contributed by atoms with E-state index >= 15 is 0 Å². The number of nitrogens with one attached hydrogen (secondary N) is 1. The van der Waals surface area contributed by atoms with E-state index in [1.807, 2.05) is 0 Å². The van der Waals surface area contributed by atoms with Gasteiger partial charge in [-0.15, -0.1) is 0 Å². The number of methoxy groups -OCH3 is 1. The summed E-state index contributed by atoms with van der Waals surface area (Å²) in [7, 11) is 1.19. The van der Waals surface area contributed by atoms with Crippen LogP contribution < -0.4 is 5.32 Å². The van der Waals surface area contributed by atoms with Gasteiger partial charge in [0.05, 0.1) is 7.11 Å². The first-order valence-electron chi connectivity index (χ1n) is 4.38. The molecule has 0 amide bonds. The lowest BCUT2D eigenvalue weighted by atomic mass is 10.3. The van der Waals surface area contributed by atoms with Crippen molar-refractivity contribution < 1.29 is 13.9 Å². The van der Waals surface area contributed by atoms with Gasteiger partial charge in [0.15, 0.2) is 5.57 Å². The molecule has 0 fully saturated rings. The van der Waals surface area contributed by atoms with Crippen LogP contribution in [0, 0.1) is 17.1 Å². The Kier molecular flexibility index (Phi) is 4.04. The summed E-state index contributed by atoms with van der Waals surface area (Å²) in [6.45, 7) is 0. The van der Waals surface area contributed by atoms with Crippen molar-refractivity contribution in [3.63, 3.8) is 0 Å². The topological polar surface area (TPSA) is 62.1 Å². The lowest BCUT2D eigenvalue weighted by molar-refractivity contribution is -0.135. The average Bonchev–Trinajstić information content (AvgIpc) is 2.31. The number of carbonyl (C=O) groups excluding carboxylic acids is 1. The fourth-order valence-corrected chi connectivity index (χ4v) is 0.948. The molecular weight excluding hydrogens is 211 g/mol. The molecule has 0 saturated carbocycles. The number of anilines is 1. The average molecular weight is 220 g/mol. The highest BCUT2D eigenvalue weighted by Gasteiger charge is 2.07. The number of nitrogens with zero attached hydrogens (tertiary/aromatic N) is 1. The number of hydrogen-bond acceptors (Lipinski definition) is 4. The van der Waals surface area contributed by atoms with Crippen molar-refractivity contribution in [1.29, 1.82) is 5.26 Å². The minimum atomic E-state index is -0.725. The van der Waals surface area contributed by atoms with Crippen molar-refractivity contribution in [2.24, 2.45) is 0 Å². The molecule has 0 aliphatic carbocycles. The Hall–Kier alpha value is -2.35. The third-order valence-electron chi connectivity index (χ3n) is 1.75. The lowest BCUT2D eigenvalue weighted by Gasteiger charge is -2.01.